The summed E-state index contributed by atoms with van der Waals surface area (Å²) in [6.07, 6.45) is -0.204. The molecule has 7 heteroatoms. The van der Waals surface area contributed by atoms with E-state index in [-0.39, 0.29) is 18.9 Å². The van der Waals surface area contributed by atoms with Crippen molar-refractivity contribution in [3.63, 3.8) is 0 Å². The summed E-state index contributed by atoms with van der Waals surface area (Å²) < 4.78 is 4.97. The molecule has 1 atom stereocenters. The molecule has 1 amide bonds. The molecule has 2 N–H and O–H groups in total. The Labute approximate surface area is 109 Å². The number of aliphatic carboxylic acids is 1. The van der Waals surface area contributed by atoms with E-state index in [1.807, 2.05) is 0 Å². The van der Waals surface area contributed by atoms with Gasteiger partial charge in [0.25, 0.3) is 5.91 Å². The van der Waals surface area contributed by atoms with Crippen LogP contribution in [0.5, 0.6) is 0 Å². The highest BCUT2D eigenvalue weighted by atomic mass is 32.1. The minimum atomic E-state index is -0.990. The van der Waals surface area contributed by atoms with E-state index in [1.54, 1.807) is 19.4 Å². The SMILES string of the molecule is COC[C@@](C)(CC(=O)O)NC(=O)c1scnc1C. The average Bonchev–Trinajstić information content (AvgIpc) is 2.62. The van der Waals surface area contributed by atoms with Crippen molar-refractivity contribution in [2.75, 3.05) is 13.7 Å². The molecule has 0 saturated heterocycles. The van der Waals surface area contributed by atoms with E-state index in [0.717, 1.165) is 0 Å². The van der Waals surface area contributed by atoms with Gasteiger partial charge < -0.3 is 15.2 Å². The number of ether oxygens (including phenoxy) is 1. The van der Waals surface area contributed by atoms with Crippen LogP contribution in [0.1, 0.15) is 28.7 Å². The highest BCUT2D eigenvalue weighted by molar-refractivity contribution is 7.11. The van der Waals surface area contributed by atoms with Gasteiger partial charge in [0.2, 0.25) is 0 Å². The van der Waals surface area contributed by atoms with Gasteiger partial charge in [-0.3, -0.25) is 9.59 Å². The third kappa shape index (κ3) is 3.78. The number of amides is 1. The van der Waals surface area contributed by atoms with Crippen molar-refractivity contribution >= 4 is 23.2 Å². The van der Waals surface area contributed by atoms with Crippen molar-refractivity contribution in [2.45, 2.75) is 25.8 Å². The number of rotatable bonds is 6. The van der Waals surface area contributed by atoms with Crippen LogP contribution in [0.25, 0.3) is 0 Å². The molecule has 0 bridgehead atoms. The van der Waals surface area contributed by atoms with Gasteiger partial charge in [-0.1, -0.05) is 0 Å². The van der Waals surface area contributed by atoms with Gasteiger partial charge in [-0.15, -0.1) is 11.3 Å². The van der Waals surface area contributed by atoms with Crippen LogP contribution < -0.4 is 5.32 Å². The van der Waals surface area contributed by atoms with Gasteiger partial charge in [0.15, 0.2) is 0 Å². The Morgan fingerprint density at radius 3 is 2.72 bits per heavy atom. The molecule has 0 fully saturated rings. The minimum absolute atomic E-state index is 0.128. The van der Waals surface area contributed by atoms with E-state index >= 15 is 0 Å². The van der Waals surface area contributed by atoms with Crippen LogP contribution >= 0.6 is 11.3 Å². The Kier molecular flexibility index (Phi) is 4.80. The topological polar surface area (TPSA) is 88.5 Å². The number of hydrogen-bond donors (Lipinski definition) is 2. The maximum atomic E-state index is 12.0. The molecule has 1 heterocycles. The summed E-state index contributed by atoms with van der Waals surface area (Å²) in [5.41, 5.74) is 1.27. The maximum absolute atomic E-state index is 12.0. The fraction of sp³-hybridized carbons (Fsp3) is 0.545. The van der Waals surface area contributed by atoms with Crippen molar-refractivity contribution in [2.24, 2.45) is 0 Å². The van der Waals surface area contributed by atoms with Crippen molar-refractivity contribution in [3.05, 3.63) is 16.1 Å². The molecule has 0 unspecified atom stereocenters. The zero-order valence-corrected chi connectivity index (χ0v) is 11.3. The molecule has 1 aromatic heterocycles. The van der Waals surface area contributed by atoms with Gasteiger partial charge in [0.05, 0.1) is 29.8 Å². The molecular weight excluding hydrogens is 256 g/mol. The molecule has 0 aliphatic heterocycles. The molecule has 1 rings (SSSR count). The Morgan fingerprint density at radius 1 is 1.61 bits per heavy atom. The zero-order valence-electron chi connectivity index (χ0n) is 10.5. The molecule has 0 spiro atoms. The number of carboxylic acid groups (broad SMARTS) is 1. The Morgan fingerprint density at radius 2 is 2.28 bits per heavy atom. The smallest absolute Gasteiger partial charge is 0.305 e. The predicted octanol–water partition coefficient (Wildman–Crippen LogP) is 1.06. The molecule has 0 aliphatic carbocycles. The van der Waals surface area contributed by atoms with Crippen LogP contribution in [-0.2, 0) is 9.53 Å². The summed E-state index contributed by atoms with van der Waals surface area (Å²) in [7, 11) is 1.46. The molecule has 0 saturated carbocycles. The number of thiazole rings is 1. The number of nitrogens with one attached hydrogen (secondary N) is 1. The average molecular weight is 272 g/mol. The van der Waals surface area contributed by atoms with Crippen molar-refractivity contribution < 1.29 is 19.4 Å². The number of carboxylic acids is 1. The van der Waals surface area contributed by atoms with E-state index in [1.165, 1.54) is 18.4 Å². The third-order valence-corrected chi connectivity index (χ3v) is 3.30. The number of carbonyl (C=O) groups excluding carboxylic acids is 1. The van der Waals surface area contributed by atoms with Crippen molar-refractivity contribution in [1.29, 1.82) is 0 Å². The lowest BCUT2D eigenvalue weighted by molar-refractivity contribution is -0.139. The molecule has 6 nitrogen and oxygen atoms in total. The van der Waals surface area contributed by atoms with E-state index in [9.17, 15) is 9.59 Å². The van der Waals surface area contributed by atoms with Gasteiger partial charge in [0, 0.05) is 7.11 Å². The number of nitrogens with zero attached hydrogens (tertiary/aromatic N) is 1. The number of carbonyl (C=O) groups is 2. The standard InChI is InChI=1S/C11H16N2O4S/c1-7-9(18-6-12-7)10(16)13-11(2,5-17-3)4-8(14)15/h6H,4-5H2,1-3H3,(H,13,16)(H,14,15)/t11-/m1/s1. The summed E-state index contributed by atoms with van der Waals surface area (Å²) in [5, 5.41) is 11.6. The second kappa shape index (κ2) is 5.92. The highest BCUT2D eigenvalue weighted by Gasteiger charge is 2.30. The molecule has 0 radical (unpaired) electrons. The van der Waals surface area contributed by atoms with E-state index in [4.69, 9.17) is 9.84 Å². The lowest BCUT2D eigenvalue weighted by Crippen LogP contribution is -2.50. The number of hydrogen-bond acceptors (Lipinski definition) is 5. The van der Waals surface area contributed by atoms with Gasteiger partial charge >= 0.3 is 5.97 Å². The second-order valence-electron chi connectivity index (χ2n) is 4.29. The summed E-state index contributed by atoms with van der Waals surface area (Å²) in [6.45, 7) is 3.50. The van der Waals surface area contributed by atoms with Gasteiger partial charge in [-0.2, -0.15) is 0 Å². The second-order valence-corrected chi connectivity index (χ2v) is 5.14. The fourth-order valence-electron chi connectivity index (χ4n) is 1.63. The normalized spacial score (nSPS) is 13.9. The van der Waals surface area contributed by atoms with E-state index in [0.29, 0.717) is 10.6 Å². The summed E-state index contributed by atoms with van der Waals surface area (Å²) in [4.78, 5) is 27.3. The quantitative estimate of drug-likeness (QED) is 0.808. The van der Waals surface area contributed by atoms with Crippen LogP contribution in [0.2, 0.25) is 0 Å². The van der Waals surface area contributed by atoms with Crippen molar-refractivity contribution in [1.82, 2.24) is 10.3 Å². The molecule has 100 valence electrons. The monoisotopic (exact) mass is 272 g/mol. The minimum Gasteiger partial charge on any atom is -0.481 e. The number of aromatic nitrogens is 1. The van der Waals surface area contributed by atoms with Crippen molar-refractivity contribution in [3.8, 4) is 0 Å². The first kappa shape index (κ1) is 14.6. The van der Waals surface area contributed by atoms with Crippen LogP contribution in [0.3, 0.4) is 0 Å². The van der Waals surface area contributed by atoms with Gasteiger partial charge in [-0.25, -0.2) is 4.98 Å². The van der Waals surface area contributed by atoms with Gasteiger partial charge in [-0.05, 0) is 13.8 Å². The summed E-state index contributed by atoms with van der Waals surface area (Å²) in [5.74, 6) is -1.31. The molecule has 18 heavy (non-hydrogen) atoms. The maximum Gasteiger partial charge on any atom is 0.305 e. The van der Waals surface area contributed by atoms with E-state index in [2.05, 4.69) is 10.3 Å². The molecular formula is C11H16N2O4S. The largest absolute Gasteiger partial charge is 0.481 e. The lowest BCUT2D eigenvalue weighted by Gasteiger charge is -2.28. The first-order valence-electron chi connectivity index (χ1n) is 5.31. The van der Waals surface area contributed by atoms with Crippen LogP contribution in [0.4, 0.5) is 0 Å². The predicted molar refractivity (Wildman–Crippen MR) is 66.9 cm³/mol. The number of aryl methyl sites for hydroxylation is 1. The lowest BCUT2D eigenvalue weighted by atomic mass is 9.99. The van der Waals surface area contributed by atoms with Crippen LogP contribution in [0, 0.1) is 6.92 Å². The molecule has 0 aliphatic rings. The summed E-state index contributed by atoms with van der Waals surface area (Å²) in [6, 6.07) is 0. The highest BCUT2D eigenvalue weighted by Crippen LogP contribution is 2.16. The van der Waals surface area contributed by atoms with Crippen LogP contribution in [-0.4, -0.2) is 41.2 Å². The Bertz CT molecular complexity index is 446. The summed E-state index contributed by atoms with van der Waals surface area (Å²) >= 11 is 1.22. The molecule has 0 aromatic carbocycles. The number of methoxy groups -OCH3 is 1. The third-order valence-electron chi connectivity index (χ3n) is 2.37. The Hall–Kier alpha value is -1.47. The first-order chi connectivity index (χ1) is 8.38. The van der Waals surface area contributed by atoms with Gasteiger partial charge in [0.1, 0.15) is 4.88 Å². The fourth-order valence-corrected chi connectivity index (χ4v) is 2.33. The van der Waals surface area contributed by atoms with E-state index < -0.39 is 11.5 Å². The zero-order chi connectivity index (χ0) is 13.8. The van der Waals surface area contributed by atoms with Crippen LogP contribution in [0.15, 0.2) is 5.51 Å². The molecule has 1 aromatic rings. The first-order valence-corrected chi connectivity index (χ1v) is 6.19. The Balaban J connectivity index is 2.81.